The van der Waals surface area contributed by atoms with Crippen molar-refractivity contribution in [3.8, 4) is 0 Å². The lowest BCUT2D eigenvalue weighted by molar-refractivity contribution is -0.144. The fraction of sp³-hybridized carbons (Fsp3) is 0.833. The van der Waals surface area contributed by atoms with Crippen LogP contribution >= 0.6 is 0 Å². The van der Waals surface area contributed by atoms with Crippen LogP contribution in [-0.2, 0) is 4.79 Å². The zero-order valence-electron chi connectivity index (χ0n) is 5.51. The number of halogens is 1. The Morgan fingerprint density at radius 3 is 2.90 bits per heavy atom. The number of rotatable bonds is 2. The molecule has 3 nitrogen and oxygen atoms in total. The number of nitrogens with one attached hydrogen (secondary N) is 1. The molecule has 1 saturated heterocycles. The molecule has 4 heteroatoms. The van der Waals surface area contributed by atoms with Crippen LogP contribution in [0.4, 0.5) is 4.39 Å². The van der Waals surface area contributed by atoms with Gasteiger partial charge in [-0.05, 0) is 13.0 Å². The van der Waals surface area contributed by atoms with E-state index < -0.39 is 12.1 Å². The second-order valence-corrected chi connectivity index (χ2v) is 2.49. The van der Waals surface area contributed by atoms with Crippen molar-refractivity contribution in [2.75, 3.05) is 13.1 Å². The molecule has 0 bridgehead atoms. The van der Waals surface area contributed by atoms with Crippen LogP contribution in [0.25, 0.3) is 0 Å². The molecule has 0 aromatic heterocycles. The molecule has 10 heavy (non-hydrogen) atoms. The van der Waals surface area contributed by atoms with Gasteiger partial charge in [-0.3, -0.25) is 0 Å². The maximum absolute atomic E-state index is 12.6. The summed E-state index contributed by atoms with van der Waals surface area (Å²) < 4.78 is 12.6. The minimum atomic E-state index is -1.69. The first-order valence-corrected chi connectivity index (χ1v) is 3.29. The molecule has 0 radical (unpaired) electrons. The van der Waals surface area contributed by atoms with E-state index in [2.05, 4.69) is 5.32 Å². The van der Waals surface area contributed by atoms with Crippen molar-refractivity contribution in [1.29, 1.82) is 0 Å². The third-order valence-electron chi connectivity index (χ3n) is 1.75. The van der Waals surface area contributed by atoms with Crippen LogP contribution in [0.2, 0.25) is 0 Å². The molecule has 0 aliphatic carbocycles. The van der Waals surface area contributed by atoms with Crippen molar-refractivity contribution in [2.24, 2.45) is 5.92 Å². The smallest absolute Gasteiger partial charge is 0.338 e. The van der Waals surface area contributed by atoms with E-state index in [1.807, 2.05) is 0 Å². The van der Waals surface area contributed by atoms with Crippen molar-refractivity contribution in [3.63, 3.8) is 0 Å². The number of carbonyl (C=O) groups is 1. The van der Waals surface area contributed by atoms with Crippen LogP contribution in [0.15, 0.2) is 0 Å². The van der Waals surface area contributed by atoms with E-state index in [0.717, 1.165) is 6.54 Å². The molecule has 2 atom stereocenters. The van der Waals surface area contributed by atoms with Gasteiger partial charge in [-0.1, -0.05) is 0 Å². The van der Waals surface area contributed by atoms with Crippen molar-refractivity contribution >= 4 is 5.97 Å². The van der Waals surface area contributed by atoms with Gasteiger partial charge in [-0.15, -0.1) is 0 Å². The standard InChI is InChI=1S/C6H10FNO2/c7-5(6(9)10)4-1-2-8-3-4/h4-5,8H,1-3H2,(H,9,10). The fourth-order valence-corrected chi connectivity index (χ4v) is 1.13. The number of carboxylic acids is 1. The van der Waals surface area contributed by atoms with Crippen LogP contribution in [0, 0.1) is 5.92 Å². The minimum Gasteiger partial charge on any atom is -0.479 e. The molecule has 0 aromatic rings. The Bertz CT molecular complexity index is 134. The first-order valence-electron chi connectivity index (χ1n) is 3.29. The summed E-state index contributed by atoms with van der Waals surface area (Å²) >= 11 is 0. The van der Waals surface area contributed by atoms with Gasteiger partial charge in [0.1, 0.15) is 0 Å². The molecule has 0 amide bonds. The fourth-order valence-electron chi connectivity index (χ4n) is 1.13. The molecule has 0 saturated carbocycles. The highest BCUT2D eigenvalue weighted by atomic mass is 19.1. The zero-order valence-corrected chi connectivity index (χ0v) is 5.51. The maximum Gasteiger partial charge on any atom is 0.338 e. The SMILES string of the molecule is O=C(O)C(F)C1CCNC1. The molecule has 0 aromatic carbocycles. The lowest BCUT2D eigenvalue weighted by Crippen LogP contribution is -2.26. The summed E-state index contributed by atoms with van der Waals surface area (Å²) in [7, 11) is 0. The molecule has 0 spiro atoms. The Labute approximate surface area is 58.2 Å². The van der Waals surface area contributed by atoms with E-state index in [4.69, 9.17) is 5.11 Å². The first-order chi connectivity index (χ1) is 4.72. The Hall–Kier alpha value is -0.640. The summed E-state index contributed by atoms with van der Waals surface area (Å²) in [6, 6.07) is 0. The van der Waals surface area contributed by atoms with Gasteiger partial charge in [0, 0.05) is 12.5 Å². The molecule has 1 aliphatic heterocycles. The van der Waals surface area contributed by atoms with Gasteiger partial charge in [-0.2, -0.15) is 0 Å². The van der Waals surface area contributed by atoms with E-state index in [1.54, 1.807) is 0 Å². The average molecular weight is 147 g/mol. The van der Waals surface area contributed by atoms with E-state index in [-0.39, 0.29) is 5.92 Å². The molecule has 58 valence electrons. The molecule has 2 N–H and O–H groups in total. The second-order valence-electron chi connectivity index (χ2n) is 2.49. The molecule has 1 heterocycles. The summed E-state index contributed by atoms with van der Waals surface area (Å²) in [6.07, 6.45) is -1.05. The third-order valence-corrected chi connectivity index (χ3v) is 1.75. The molecule has 1 aliphatic rings. The van der Waals surface area contributed by atoms with Gasteiger partial charge in [-0.25, -0.2) is 9.18 Å². The van der Waals surface area contributed by atoms with Crippen LogP contribution in [-0.4, -0.2) is 30.3 Å². The normalized spacial score (nSPS) is 28.3. The largest absolute Gasteiger partial charge is 0.479 e. The van der Waals surface area contributed by atoms with Gasteiger partial charge in [0.2, 0.25) is 6.17 Å². The number of carboxylic acid groups (broad SMARTS) is 1. The predicted molar refractivity (Wildman–Crippen MR) is 33.5 cm³/mol. The Morgan fingerprint density at radius 2 is 2.50 bits per heavy atom. The van der Waals surface area contributed by atoms with Crippen molar-refractivity contribution in [3.05, 3.63) is 0 Å². The van der Waals surface area contributed by atoms with E-state index >= 15 is 0 Å². The molecule has 1 fully saturated rings. The van der Waals surface area contributed by atoms with E-state index in [1.165, 1.54) is 0 Å². The highest BCUT2D eigenvalue weighted by Crippen LogP contribution is 2.15. The summed E-state index contributed by atoms with van der Waals surface area (Å²) in [6.45, 7) is 1.23. The highest BCUT2D eigenvalue weighted by Gasteiger charge is 2.29. The quantitative estimate of drug-likeness (QED) is 0.578. The lowest BCUT2D eigenvalue weighted by Gasteiger charge is -2.08. The number of aliphatic carboxylic acids is 1. The Kier molecular flexibility index (Phi) is 2.21. The third kappa shape index (κ3) is 1.44. The lowest BCUT2D eigenvalue weighted by atomic mass is 10.0. The summed E-state index contributed by atoms with van der Waals surface area (Å²) in [4.78, 5) is 10.1. The molecular formula is C6H10FNO2. The van der Waals surface area contributed by atoms with Crippen LogP contribution in [0.5, 0.6) is 0 Å². The van der Waals surface area contributed by atoms with Crippen LogP contribution < -0.4 is 5.32 Å². The summed E-state index contributed by atoms with van der Waals surface area (Å²) in [5.74, 6) is -1.66. The monoisotopic (exact) mass is 147 g/mol. The zero-order chi connectivity index (χ0) is 7.56. The van der Waals surface area contributed by atoms with Gasteiger partial charge in [0.05, 0.1) is 0 Å². The Morgan fingerprint density at radius 1 is 1.80 bits per heavy atom. The Balaban J connectivity index is 2.39. The van der Waals surface area contributed by atoms with Gasteiger partial charge < -0.3 is 10.4 Å². The predicted octanol–water partition coefficient (Wildman–Crippen LogP) is 0.0186. The summed E-state index contributed by atoms with van der Waals surface area (Å²) in [5.41, 5.74) is 0. The molecule has 1 rings (SSSR count). The molecular weight excluding hydrogens is 137 g/mol. The second kappa shape index (κ2) is 2.96. The van der Waals surface area contributed by atoms with E-state index in [9.17, 15) is 9.18 Å². The summed E-state index contributed by atoms with van der Waals surface area (Å²) in [5, 5.41) is 11.1. The molecule has 2 unspecified atom stereocenters. The topological polar surface area (TPSA) is 49.3 Å². The first kappa shape index (κ1) is 7.47. The number of alkyl halides is 1. The maximum atomic E-state index is 12.6. The van der Waals surface area contributed by atoms with Gasteiger partial charge in [0.15, 0.2) is 0 Å². The van der Waals surface area contributed by atoms with Gasteiger partial charge >= 0.3 is 5.97 Å². The number of hydrogen-bond donors (Lipinski definition) is 2. The minimum absolute atomic E-state index is 0.322. The van der Waals surface area contributed by atoms with Crippen molar-refractivity contribution in [2.45, 2.75) is 12.6 Å². The van der Waals surface area contributed by atoms with Crippen LogP contribution in [0.3, 0.4) is 0 Å². The van der Waals surface area contributed by atoms with Crippen molar-refractivity contribution < 1.29 is 14.3 Å². The number of hydrogen-bond acceptors (Lipinski definition) is 2. The average Bonchev–Trinajstić information content (AvgIpc) is 2.36. The van der Waals surface area contributed by atoms with Crippen molar-refractivity contribution in [1.82, 2.24) is 5.32 Å². The van der Waals surface area contributed by atoms with E-state index in [0.29, 0.717) is 13.0 Å². The van der Waals surface area contributed by atoms with Crippen LogP contribution in [0.1, 0.15) is 6.42 Å². The van der Waals surface area contributed by atoms with Gasteiger partial charge in [0.25, 0.3) is 0 Å². The highest BCUT2D eigenvalue weighted by molar-refractivity contribution is 5.72.